The summed E-state index contributed by atoms with van der Waals surface area (Å²) in [5.41, 5.74) is 0.179. The SMILES string of the molecule is CCC1CCN(C(=O)c2cc(C)on2)C(C(=O)O)C1. The Morgan fingerprint density at radius 1 is 1.58 bits per heavy atom. The summed E-state index contributed by atoms with van der Waals surface area (Å²) in [4.78, 5) is 25.0. The van der Waals surface area contributed by atoms with Crippen molar-refractivity contribution in [1.29, 1.82) is 0 Å². The normalized spacial score (nSPS) is 23.4. The van der Waals surface area contributed by atoms with Gasteiger partial charge in [0.1, 0.15) is 11.8 Å². The van der Waals surface area contributed by atoms with Crippen molar-refractivity contribution in [3.63, 3.8) is 0 Å². The highest BCUT2D eigenvalue weighted by Crippen LogP contribution is 2.26. The van der Waals surface area contributed by atoms with Crippen LogP contribution in [-0.2, 0) is 4.79 Å². The Morgan fingerprint density at radius 2 is 2.32 bits per heavy atom. The summed E-state index contributed by atoms with van der Waals surface area (Å²) in [5, 5.41) is 12.9. The van der Waals surface area contributed by atoms with Gasteiger partial charge in [0.05, 0.1) is 0 Å². The highest BCUT2D eigenvalue weighted by Gasteiger charge is 2.36. The molecule has 1 aliphatic heterocycles. The van der Waals surface area contributed by atoms with Crippen LogP contribution in [0.25, 0.3) is 0 Å². The third-order valence-electron chi connectivity index (χ3n) is 3.68. The smallest absolute Gasteiger partial charge is 0.326 e. The third-order valence-corrected chi connectivity index (χ3v) is 3.68. The van der Waals surface area contributed by atoms with Crippen LogP contribution < -0.4 is 0 Å². The predicted molar refractivity (Wildman–Crippen MR) is 66.7 cm³/mol. The van der Waals surface area contributed by atoms with Crippen molar-refractivity contribution in [2.45, 2.75) is 39.2 Å². The van der Waals surface area contributed by atoms with Crippen LogP contribution in [0.3, 0.4) is 0 Å². The average Bonchev–Trinajstić information content (AvgIpc) is 2.83. The van der Waals surface area contributed by atoms with Crippen LogP contribution in [0.4, 0.5) is 0 Å². The first-order chi connectivity index (χ1) is 9.02. The fraction of sp³-hybridized carbons (Fsp3) is 0.615. The topological polar surface area (TPSA) is 83.6 Å². The molecule has 1 N–H and O–H groups in total. The van der Waals surface area contributed by atoms with Crippen molar-refractivity contribution in [3.8, 4) is 0 Å². The van der Waals surface area contributed by atoms with Crippen LogP contribution in [0.1, 0.15) is 42.4 Å². The van der Waals surface area contributed by atoms with E-state index in [1.165, 1.54) is 11.0 Å². The van der Waals surface area contributed by atoms with Gasteiger partial charge >= 0.3 is 5.97 Å². The number of carboxylic acid groups (broad SMARTS) is 1. The molecule has 2 heterocycles. The summed E-state index contributed by atoms with van der Waals surface area (Å²) in [7, 11) is 0. The highest BCUT2D eigenvalue weighted by molar-refractivity contribution is 5.95. The number of rotatable bonds is 3. The summed E-state index contributed by atoms with van der Waals surface area (Å²) in [6, 6.07) is 0.774. The second kappa shape index (κ2) is 5.42. The van der Waals surface area contributed by atoms with Crippen molar-refractivity contribution >= 4 is 11.9 Å². The Balaban J connectivity index is 2.17. The lowest BCUT2D eigenvalue weighted by Gasteiger charge is -2.36. The lowest BCUT2D eigenvalue weighted by molar-refractivity contribution is -0.144. The molecule has 6 heteroatoms. The van der Waals surface area contributed by atoms with Crippen molar-refractivity contribution in [3.05, 3.63) is 17.5 Å². The third kappa shape index (κ3) is 2.77. The molecular weight excluding hydrogens is 248 g/mol. The van der Waals surface area contributed by atoms with E-state index in [1.54, 1.807) is 6.92 Å². The highest BCUT2D eigenvalue weighted by atomic mass is 16.5. The first-order valence-electron chi connectivity index (χ1n) is 6.50. The Morgan fingerprint density at radius 3 is 2.84 bits per heavy atom. The maximum absolute atomic E-state index is 12.3. The molecule has 19 heavy (non-hydrogen) atoms. The quantitative estimate of drug-likeness (QED) is 0.900. The van der Waals surface area contributed by atoms with E-state index < -0.39 is 12.0 Å². The van der Waals surface area contributed by atoms with E-state index in [1.807, 2.05) is 6.92 Å². The van der Waals surface area contributed by atoms with E-state index in [4.69, 9.17) is 4.52 Å². The molecule has 0 saturated carbocycles. The van der Waals surface area contributed by atoms with Crippen molar-refractivity contribution in [2.75, 3.05) is 6.54 Å². The molecule has 104 valence electrons. The number of aromatic nitrogens is 1. The van der Waals surface area contributed by atoms with Crippen molar-refractivity contribution < 1.29 is 19.2 Å². The number of nitrogens with zero attached hydrogens (tertiary/aromatic N) is 2. The maximum Gasteiger partial charge on any atom is 0.326 e. The van der Waals surface area contributed by atoms with Crippen LogP contribution in [0.2, 0.25) is 0 Å². The molecule has 1 saturated heterocycles. The zero-order valence-corrected chi connectivity index (χ0v) is 11.1. The Labute approximate surface area is 111 Å². The average molecular weight is 266 g/mol. The number of aliphatic carboxylic acids is 1. The van der Waals surface area contributed by atoms with Gasteiger partial charge in [-0.2, -0.15) is 0 Å². The van der Waals surface area contributed by atoms with Gasteiger partial charge in [0, 0.05) is 12.6 Å². The van der Waals surface area contributed by atoms with E-state index >= 15 is 0 Å². The van der Waals surface area contributed by atoms with Gasteiger partial charge in [-0.3, -0.25) is 4.79 Å². The Hall–Kier alpha value is -1.85. The molecule has 6 nitrogen and oxygen atoms in total. The molecular formula is C13H18N2O4. The largest absolute Gasteiger partial charge is 0.480 e. The van der Waals surface area contributed by atoms with Gasteiger partial charge in [0.2, 0.25) is 0 Å². The standard InChI is InChI=1S/C13H18N2O4/c1-3-9-4-5-15(11(7-9)13(17)18)12(16)10-6-8(2)19-14-10/h6,9,11H,3-5,7H2,1-2H3,(H,17,18). The van der Waals surface area contributed by atoms with Gasteiger partial charge in [-0.25, -0.2) is 4.79 Å². The number of amides is 1. The van der Waals surface area contributed by atoms with Gasteiger partial charge < -0.3 is 14.5 Å². The van der Waals surface area contributed by atoms with Gasteiger partial charge in [0.25, 0.3) is 5.91 Å². The van der Waals surface area contributed by atoms with E-state index in [0.717, 1.165) is 12.8 Å². The second-order valence-electron chi connectivity index (χ2n) is 4.97. The minimum Gasteiger partial charge on any atom is -0.480 e. The summed E-state index contributed by atoms with van der Waals surface area (Å²) in [6.07, 6.45) is 2.28. The molecule has 0 aromatic carbocycles. The monoisotopic (exact) mass is 266 g/mol. The fourth-order valence-electron chi connectivity index (χ4n) is 2.50. The zero-order chi connectivity index (χ0) is 14.0. The molecule has 2 atom stereocenters. The van der Waals surface area contributed by atoms with Gasteiger partial charge in [-0.15, -0.1) is 0 Å². The molecule has 0 aliphatic carbocycles. The molecule has 0 radical (unpaired) electrons. The van der Waals surface area contributed by atoms with Crippen LogP contribution >= 0.6 is 0 Å². The number of carbonyl (C=O) groups is 2. The van der Waals surface area contributed by atoms with E-state index in [0.29, 0.717) is 24.6 Å². The number of aryl methyl sites for hydroxylation is 1. The maximum atomic E-state index is 12.3. The van der Waals surface area contributed by atoms with Crippen molar-refractivity contribution in [1.82, 2.24) is 10.1 Å². The molecule has 1 aliphatic rings. The first kappa shape index (κ1) is 13.6. The Bertz CT molecular complexity index is 483. The number of piperidine rings is 1. The van der Waals surface area contributed by atoms with Gasteiger partial charge in [-0.05, 0) is 25.7 Å². The van der Waals surface area contributed by atoms with Crippen molar-refractivity contribution in [2.24, 2.45) is 5.92 Å². The summed E-state index contributed by atoms with van der Waals surface area (Å²) in [5.74, 6) is -0.409. The lowest BCUT2D eigenvalue weighted by Crippen LogP contribution is -2.50. The van der Waals surface area contributed by atoms with Gasteiger partial charge in [0.15, 0.2) is 5.69 Å². The van der Waals surface area contributed by atoms with E-state index in [2.05, 4.69) is 5.16 Å². The summed E-state index contributed by atoms with van der Waals surface area (Å²) >= 11 is 0. The first-order valence-corrected chi connectivity index (χ1v) is 6.50. The molecule has 1 fully saturated rings. The fourth-order valence-corrected chi connectivity index (χ4v) is 2.50. The number of carbonyl (C=O) groups excluding carboxylic acids is 1. The molecule has 0 bridgehead atoms. The van der Waals surface area contributed by atoms with Crippen LogP contribution in [-0.4, -0.2) is 39.6 Å². The zero-order valence-electron chi connectivity index (χ0n) is 11.1. The number of likely N-dealkylation sites (tertiary alicyclic amines) is 1. The number of hydrogen-bond acceptors (Lipinski definition) is 4. The molecule has 0 spiro atoms. The molecule has 2 unspecified atom stereocenters. The predicted octanol–water partition coefficient (Wildman–Crippen LogP) is 1.70. The number of hydrogen-bond donors (Lipinski definition) is 1. The molecule has 1 amide bonds. The Kier molecular flexibility index (Phi) is 3.87. The molecule has 1 aromatic rings. The lowest BCUT2D eigenvalue weighted by atomic mass is 9.88. The second-order valence-corrected chi connectivity index (χ2v) is 4.97. The summed E-state index contributed by atoms with van der Waals surface area (Å²) in [6.45, 7) is 4.20. The van der Waals surface area contributed by atoms with Gasteiger partial charge in [-0.1, -0.05) is 18.5 Å². The minimum atomic E-state index is -0.952. The van der Waals surface area contributed by atoms with Crippen LogP contribution in [0, 0.1) is 12.8 Å². The van der Waals surface area contributed by atoms with E-state index in [-0.39, 0.29) is 11.6 Å². The van der Waals surface area contributed by atoms with E-state index in [9.17, 15) is 14.7 Å². The van der Waals surface area contributed by atoms with Crippen LogP contribution in [0.5, 0.6) is 0 Å². The summed E-state index contributed by atoms with van der Waals surface area (Å²) < 4.78 is 4.87. The minimum absolute atomic E-state index is 0.179. The molecule has 1 aromatic heterocycles. The van der Waals surface area contributed by atoms with Crippen LogP contribution in [0.15, 0.2) is 10.6 Å². The number of carboxylic acids is 1. The molecule has 2 rings (SSSR count).